The summed E-state index contributed by atoms with van der Waals surface area (Å²) in [4.78, 5) is 17.9. The molecule has 32 heavy (non-hydrogen) atoms. The molecule has 1 saturated carbocycles. The molecule has 1 aliphatic rings. The second kappa shape index (κ2) is 9.56. The van der Waals surface area contributed by atoms with Crippen LogP contribution in [0.25, 0.3) is 10.2 Å². The van der Waals surface area contributed by atoms with Crippen LogP contribution < -0.4 is 9.88 Å². The maximum Gasteiger partial charge on any atom is 0.312 e. The van der Waals surface area contributed by atoms with Crippen LogP contribution in [0.1, 0.15) is 37.1 Å². The smallest absolute Gasteiger partial charge is 0.312 e. The molecule has 7 nitrogen and oxygen atoms in total. The number of thiazole rings is 1. The van der Waals surface area contributed by atoms with Gasteiger partial charge in [0.1, 0.15) is 19.0 Å². The van der Waals surface area contributed by atoms with Crippen LogP contribution in [0.3, 0.4) is 0 Å². The topological polar surface area (TPSA) is 109 Å². The van der Waals surface area contributed by atoms with Crippen molar-refractivity contribution in [1.29, 1.82) is 0 Å². The number of rotatable bonds is 8. The molecule has 0 unspecified atom stereocenters. The molecule has 4 rings (SSSR count). The van der Waals surface area contributed by atoms with Gasteiger partial charge in [-0.25, -0.2) is 18.5 Å². The number of primary sulfonamides is 1. The predicted octanol–water partition coefficient (Wildman–Crippen LogP) is 4.06. The predicted molar refractivity (Wildman–Crippen MR) is 123 cm³/mol. The molecule has 0 atom stereocenters. The van der Waals surface area contributed by atoms with Gasteiger partial charge < -0.3 is 9.47 Å². The van der Waals surface area contributed by atoms with Gasteiger partial charge in [-0.3, -0.25) is 4.79 Å². The lowest BCUT2D eigenvalue weighted by Crippen LogP contribution is -2.37. The fraction of sp³-hybridized carbons (Fsp3) is 0.391. The molecule has 1 heterocycles. The number of benzene rings is 2. The second-order valence-corrected chi connectivity index (χ2v) is 10.8. The van der Waals surface area contributed by atoms with E-state index in [9.17, 15) is 13.2 Å². The van der Waals surface area contributed by atoms with Gasteiger partial charge in [0.2, 0.25) is 10.0 Å². The van der Waals surface area contributed by atoms with Crippen LogP contribution in [0.2, 0.25) is 0 Å². The van der Waals surface area contributed by atoms with Crippen molar-refractivity contribution >= 4 is 37.5 Å². The highest BCUT2D eigenvalue weighted by atomic mass is 32.2. The molecule has 2 N–H and O–H groups in total. The number of nitrogens with zero attached hydrogens (tertiary/aromatic N) is 1. The van der Waals surface area contributed by atoms with Gasteiger partial charge in [0.05, 0.1) is 25.5 Å². The van der Waals surface area contributed by atoms with Crippen molar-refractivity contribution in [3.05, 3.63) is 53.5 Å². The molecule has 1 fully saturated rings. The number of para-hydroxylation sites is 1. The third kappa shape index (κ3) is 5.28. The average Bonchev–Trinajstić information content (AvgIpc) is 3.19. The normalized spacial score (nSPS) is 16.0. The first-order valence-corrected chi connectivity index (χ1v) is 13.0. The Bertz CT molecular complexity index is 1150. The van der Waals surface area contributed by atoms with Gasteiger partial charge in [0, 0.05) is 6.42 Å². The number of hydrogen-bond acceptors (Lipinski definition) is 7. The first-order chi connectivity index (χ1) is 15.4. The molecule has 1 aliphatic carbocycles. The Balaban J connectivity index is 1.35. The zero-order chi connectivity index (χ0) is 22.6. The zero-order valence-corrected chi connectivity index (χ0v) is 19.3. The summed E-state index contributed by atoms with van der Waals surface area (Å²) in [5.41, 5.74) is 0.428. The molecule has 0 aliphatic heterocycles. The van der Waals surface area contributed by atoms with E-state index in [-0.39, 0.29) is 24.1 Å². The molecule has 0 bridgehead atoms. The fourth-order valence-electron chi connectivity index (χ4n) is 4.14. The molecule has 0 spiro atoms. The summed E-state index contributed by atoms with van der Waals surface area (Å²) in [6.07, 6.45) is 5.35. The SMILES string of the molecule is NS(=O)(=O)c1ccc(OCCOC(=O)C2(Cc3nc4ccccc4s3)CCCCC2)cc1. The average molecular weight is 475 g/mol. The van der Waals surface area contributed by atoms with Crippen molar-refractivity contribution in [3.8, 4) is 5.75 Å². The molecule has 2 aromatic carbocycles. The summed E-state index contributed by atoms with van der Waals surface area (Å²) in [5, 5.41) is 6.06. The Morgan fingerprint density at radius 2 is 1.75 bits per heavy atom. The third-order valence-electron chi connectivity index (χ3n) is 5.81. The van der Waals surface area contributed by atoms with Crippen molar-refractivity contribution in [2.75, 3.05) is 13.2 Å². The molecule has 0 radical (unpaired) electrons. The van der Waals surface area contributed by atoms with Crippen molar-refractivity contribution in [2.45, 2.75) is 43.4 Å². The van der Waals surface area contributed by atoms with Crippen molar-refractivity contribution in [3.63, 3.8) is 0 Å². The summed E-state index contributed by atoms with van der Waals surface area (Å²) in [6.45, 7) is 0.301. The van der Waals surface area contributed by atoms with Crippen LogP contribution in [0, 0.1) is 5.41 Å². The Kier molecular flexibility index (Phi) is 6.78. The van der Waals surface area contributed by atoms with E-state index in [1.54, 1.807) is 11.3 Å². The fourth-order valence-corrected chi connectivity index (χ4v) is 5.77. The number of esters is 1. The van der Waals surface area contributed by atoms with Crippen LogP contribution in [0.15, 0.2) is 53.4 Å². The van der Waals surface area contributed by atoms with Gasteiger partial charge >= 0.3 is 5.97 Å². The largest absolute Gasteiger partial charge is 0.490 e. The number of fused-ring (bicyclic) bond motifs is 1. The van der Waals surface area contributed by atoms with E-state index in [2.05, 4.69) is 6.07 Å². The summed E-state index contributed by atoms with van der Waals surface area (Å²) in [7, 11) is -3.74. The summed E-state index contributed by atoms with van der Waals surface area (Å²) in [5.74, 6) is 0.292. The Hall–Kier alpha value is -2.49. The van der Waals surface area contributed by atoms with E-state index in [0.29, 0.717) is 12.2 Å². The standard InChI is InChI=1S/C23H26N2O5S2/c24-32(27,28)18-10-8-17(9-11-18)29-14-15-30-22(26)23(12-4-1-5-13-23)16-21-25-19-6-2-3-7-20(19)31-21/h2-3,6-11H,1,4-5,12-16H2,(H2,24,27,28). The Labute approximate surface area is 191 Å². The molecule has 3 aromatic rings. The number of carbonyl (C=O) groups is 1. The van der Waals surface area contributed by atoms with Gasteiger partial charge in [-0.1, -0.05) is 31.4 Å². The maximum absolute atomic E-state index is 13.1. The van der Waals surface area contributed by atoms with Gasteiger partial charge in [-0.15, -0.1) is 11.3 Å². The van der Waals surface area contributed by atoms with Gasteiger partial charge in [-0.05, 0) is 49.2 Å². The van der Waals surface area contributed by atoms with Crippen molar-refractivity contribution in [1.82, 2.24) is 4.98 Å². The van der Waals surface area contributed by atoms with E-state index in [1.165, 1.54) is 24.3 Å². The highest BCUT2D eigenvalue weighted by molar-refractivity contribution is 7.89. The highest BCUT2D eigenvalue weighted by Gasteiger charge is 2.41. The minimum absolute atomic E-state index is 0.0189. The zero-order valence-electron chi connectivity index (χ0n) is 17.7. The van der Waals surface area contributed by atoms with Gasteiger partial charge in [0.15, 0.2) is 0 Å². The van der Waals surface area contributed by atoms with Crippen LogP contribution >= 0.6 is 11.3 Å². The van der Waals surface area contributed by atoms with E-state index in [1.807, 2.05) is 18.2 Å². The summed E-state index contributed by atoms with van der Waals surface area (Å²) < 4.78 is 35.0. The Morgan fingerprint density at radius 3 is 2.44 bits per heavy atom. The number of nitrogens with two attached hydrogens (primary N) is 1. The maximum atomic E-state index is 13.1. The minimum Gasteiger partial charge on any atom is -0.490 e. The summed E-state index contributed by atoms with van der Waals surface area (Å²) in [6, 6.07) is 13.8. The number of ether oxygens (including phenoxy) is 2. The van der Waals surface area contributed by atoms with Crippen molar-refractivity contribution < 1.29 is 22.7 Å². The summed E-state index contributed by atoms with van der Waals surface area (Å²) >= 11 is 1.64. The molecular formula is C23H26N2O5S2. The lowest BCUT2D eigenvalue weighted by Gasteiger charge is -2.34. The highest BCUT2D eigenvalue weighted by Crippen LogP contribution is 2.41. The monoisotopic (exact) mass is 474 g/mol. The first-order valence-electron chi connectivity index (χ1n) is 10.6. The van der Waals surface area contributed by atoms with Gasteiger partial charge in [0.25, 0.3) is 0 Å². The number of sulfonamides is 1. The first kappa shape index (κ1) is 22.7. The van der Waals surface area contributed by atoms with E-state index >= 15 is 0 Å². The van der Waals surface area contributed by atoms with Crippen LogP contribution in [-0.2, 0) is 26.0 Å². The lowest BCUT2D eigenvalue weighted by molar-refractivity contribution is -0.159. The van der Waals surface area contributed by atoms with Crippen LogP contribution in [0.5, 0.6) is 5.75 Å². The van der Waals surface area contributed by atoms with E-state index < -0.39 is 15.4 Å². The molecule has 170 valence electrons. The van der Waals surface area contributed by atoms with Crippen LogP contribution in [0.4, 0.5) is 0 Å². The second-order valence-electron chi connectivity index (χ2n) is 8.09. The molecular weight excluding hydrogens is 448 g/mol. The molecule has 1 aromatic heterocycles. The third-order valence-corrected chi connectivity index (χ3v) is 7.77. The van der Waals surface area contributed by atoms with E-state index in [0.717, 1.165) is 47.3 Å². The number of carbonyl (C=O) groups excluding carboxylic acids is 1. The van der Waals surface area contributed by atoms with Crippen LogP contribution in [-0.4, -0.2) is 32.6 Å². The minimum atomic E-state index is -3.74. The number of hydrogen-bond donors (Lipinski definition) is 1. The quantitative estimate of drug-likeness (QED) is 0.390. The van der Waals surface area contributed by atoms with E-state index in [4.69, 9.17) is 19.6 Å². The molecule has 0 amide bonds. The molecule has 9 heteroatoms. The Morgan fingerprint density at radius 1 is 1.03 bits per heavy atom. The number of aromatic nitrogens is 1. The van der Waals surface area contributed by atoms with Crippen molar-refractivity contribution in [2.24, 2.45) is 10.6 Å². The molecule has 0 saturated heterocycles. The van der Waals surface area contributed by atoms with Gasteiger partial charge in [-0.2, -0.15) is 0 Å². The lowest BCUT2D eigenvalue weighted by atomic mass is 9.72.